The molecule has 20 heavy (non-hydrogen) atoms. The van der Waals surface area contributed by atoms with Crippen molar-refractivity contribution in [3.8, 4) is 0 Å². The second-order valence-electron chi connectivity index (χ2n) is 4.82. The molecule has 1 aromatic heterocycles. The van der Waals surface area contributed by atoms with Crippen molar-refractivity contribution in [1.29, 1.82) is 0 Å². The molecule has 0 unspecified atom stereocenters. The molecule has 0 aromatic carbocycles. The van der Waals surface area contributed by atoms with E-state index < -0.39 is 10.0 Å². The summed E-state index contributed by atoms with van der Waals surface area (Å²) in [5.41, 5.74) is 0. The molecule has 0 atom stereocenters. The monoisotopic (exact) mass is 318 g/mol. The van der Waals surface area contributed by atoms with Crippen LogP contribution in [0, 0.1) is 0 Å². The maximum Gasteiger partial charge on any atom is 0.211 e. The quantitative estimate of drug-likeness (QED) is 0.616. The minimum Gasteiger partial charge on any atom is -0.317 e. The van der Waals surface area contributed by atoms with Gasteiger partial charge in [-0.1, -0.05) is 13.8 Å². The third-order valence-corrected chi connectivity index (χ3v) is 5.62. The van der Waals surface area contributed by atoms with E-state index in [4.69, 9.17) is 0 Å². The Morgan fingerprint density at radius 2 is 1.85 bits per heavy atom. The zero-order chi connectivity index (χ0) is 14.8. The summed E-state index contributed by atoms with van der Waals surface area (Å²) in [6, 6.07) is 4.06. The van der Waals surface area contributed by atoms with Gasteiger partial charge in [0.25, 0.3) is 0 Å². The Balaban J connectivity index is 2.20. The third-order valence-electron chi connectivity index (χ3n) is 2.98. The zero-order valence-electron chi connectivity index (χ0n) is 12.4. The van der Waals surface area contributed by atoms with Gasteiger partial charge in [-0.15, -0.1) is 11.3 Å². The van der Waals surface area contributed by atoms with E-state index in [1.165, 1.54) is 4.88 Å². The summed E-state index contributed by atoms with van der Waals surface area (Å²) in [4.78, 5) is 2.37. The van der Waals surface area contributed by atoms with Gasteiger partial charge < -0.3 is 5.32 Å². The van der Waals surface area contributed by atoms with Gasteiger partial charge in [-0.3, -0.25) is 0 Å². The van der Waals surface area contributed by atoms with Crippen LogP contribution in [0.4, 0.5) is 0 Å². The number of hydrogen-bond donors (Lipinski definition) is 2. The van der Waals surface area contributed by atoms with Gasteiger partial charge in [0.15, 0.2) is 0 Å². The van der Waals surface area contributed by atoms with Crippen LogP contribution in [-0.4, -0.2) is 27.3 Å². The summed E-state index contributed by atoms with van der Waals surface area (Å²) in [5.74, 6) is 0.215. The van der Waals surface area contributed by atoms with E-state index in [0.717, 1.165) is 37.2 Å². The van der Waals surface area contributed by atoms with Crippen LogP contribution in [0.5, 0.6) is 0 Å². The summed E-state index contributed by atoms with van der Waals surface area (Å²) in [6.45, 7) is 6.54. The molecule has 6 heteroatoms. The number of rotatable bonds is 11. The largest absolute Gasteiger partial charge is 0.317 e. The van der Waals surface area contributed by atoms with Gasteiger partial charge in [0.2, 0.25) is 10.0 Å². The predicted molar refractivity (Wildman–Crippen MR) is 86.7 cm³/mol. The molecule has 0 bridgehead atoms. The lowest BCUT2D eigenvalue weighted by molar-refractivity contribution is 0.573. The molecule has 0 aliphatic heterocycles. The van der Waals surface area contributed by atoms with Crippen LogP contribution in [-0.2, 0) is 23.0 Å². The average Bonchev–Trinajstić information content (AvgIpc) is 2.89. The van der Waals surface area contributed by atoms with Gasteiger partial charge >= 0.3 is 0 Å². The van der Waals surface area contributed by atoms with Crippen molar-refractivity contribution < 1.29 is 8.42 Å². The molecule has 1 heterocycles. The SMILES string of the molecule is CCCNCCCCS(=O)(=O)NCc1ccc(CC)s1. The van der Waals surface area contributed by atoms with Crippen LogP contribution in [0.25, 0.3) is 0 Å². The number of thiophene rings is 1. The standard InChI is InChI=1S/C14H26N2O2S2/c1-3-9-15-10-5-6-11-20(17,18)16-12-14-8-7-13(4-2)19-14/h7-8,15-16H,3-6,9-12H2,1-2H3. The van der Waals surface area contributed by atoms with Crippen molar-refractivity contribution in [2.75, 3.05) is 18.8 Å². The lowest BCUT2D eigenvalue weighted by Crippen LogP contribution is -2.26. The second kappa shape index (κ2) is 9.50. The number of unbranched alkanes of at least 4 members (excludes halogenated alkanes) is 1. The number of hydrogen-bond acceptors (Lipinski definition) is 4. The average molecular weight is 319 g/mol. The topological polar surface area (TPSA) is 58.2 Å². The molecule has 0 spiro atoms. The molecule has 0 aliphatic carbocycles. The fourth-order valence-corrected chi connectivity index (χ4v) is 3.90. The Morgan fingerprint density at radius 3 is 2.50 bits per heavy atom. The molecule has 0 aliphatic rings. The van der Waals surface area contributed by atoms with Crippen LogP contribution in [0.15, 0.2) is 12.1 Å². The fraction of sp³-hybridized carbons (Fsp3) is 0.714. The first-order valence-corrected chi connectivity index (χ1v) is 9.80. The molecule has 2 N–H and O–H groups in total. The van der Waals surface area contributed by atoms with Gasteiger partial charge in [0.05, 0.1) is 5.75 Å². The number of aryl methyl sites for hydroxylation is 1. The summed E-state index contributed by atoms with van der Waals surface area (Å²) in [5, 5.41) is 3.27. The molecule has 4 nitrogen and oxygen atoms in total. The van der Waals surface area contributed by atoms with Gasteiger partial charge in [-0.05, 0) is 50.9 Å². The highest BCUT2D eigenvalue weighted by Gasteiger charge is 2.10. The lowest BCUT2D eigenvalue weighted by atomic mass is 10.3. The molecule has 0 fully saturated rings. The summed E-state index contributed by atoms with van der Waals surface area (Å²) >= 11 is 1.67. The first-order valence-electron chi connectivity index (χ1n) is 7.33. The molecule has 0 saturated heterocycles. The normalized spacial score (nSPS) is 11.9. The maximum atomic E-state index is 11.8. The second-order valence-corrected chi connectivity index (χ2v) is 8.00. The van der Waals surface area contributed by atoms with E-state index in [0.29, 0.717) is 13.0 Å². The highest BCUT2D eigenvalue weighted by atomic mass is 32.2. The molecule has 1 aromatic rings. The molecule has 0 saturated carbocycles. The van der Waals surface area contributed by atoms with Crippen LogP contribution in [0.3, 0.4) is 0 Å². The Kier molecular flexibility index (Phi) is 8.37. The van der Waals surface area contributed by atoms with E-state index in [1.807, 2.05) is 6.07 Å². The molecular weight excluding hydrogens is 292 g/mol. The van der Waals surface area contributed by atoms with Gasteiger partial charge in [0, 0.05) is 16.3 Å². The number of nitrogens with one attached hydrogen (secondary N) is 2. The maximum absolute atomic E-state index is 11.8. The third kappa shape index (κ3) is 7.38. The molecule has 116 valence electrons. The van der Waals surface area contributed by atoms with E-state index in [2.05, 4.69) is 30.0 Å². The number of sulfonamides is 1. The molecule has 1 rings (SSSR count). The minimum absolute atomic E-state index is 0.215. The lowest BCUT2D eigenvalue weighted by Gasteiger charge is -2.06. The Bertz CT molecular complexity index is 469. The van der Waals surface area contributed by atoms with Crippen LogP contribution >= 0.6 is 11.3 Å². The van der Waals surface area contributed by atoms with Gasteiger partial charge in [-0.2, -0.15) is 0 Å². The van der Waals surface area contributed by atoms with E-state index in [1.54, 1.807) is 11.3 Å². The highest BCUT2D eigenvalue weighted by Crippen LogP contribution is 2.16. The van der Waals surface area contributed by atoms with Crippen LogP contribution < -0.4 is 10.0 Å². The van der Waals surface area contributed by atoms with Crippen LogP contribution in [0.1, 0.15) is 42.9 Å². The van der Waals surface area contributed by atoms with Crippen LogP contribution in [0.2, 0.25) is 0 Å². The van der Waals surface area contributed by atoms with Crippen molar-refractivity contribution in [2.45, 2.75) is 46.1 Å². The Labute approximate surface area is 127 Å². The molecule has 0 amide bonds. The summed E-state index contributed by atoms with van der Waals surface area (Å²) < 4.78 is 26.4. The van der Waals surface area contributed by atoms with E-state index >= 15 is 0 Å². The van der Waals surface area contributed by atoms with Crippen molar-refractivity contribution in [3.05, 3.63) is 21.9 Å². The van der Waals surface area contributed by atoms with Gasteiger partial charge in [-0.25, -0.2) is 13.1 Å². The Morgan fingerprint density at radius 1 is 1.10 bits per heavy atom. The summed E-state index contributed by atoms with van der Waals surface area (Å²) in [6.07, 6.45) is 3.72. The zero-order valence-corrected chi connectivity index (χ0v) is 14.1. The summed E-state index contributed by atoms with van der Waals surface area (Å²) in [7, 11) is -3.14. The Hall–Kier alpha value is -0.430. The molecular formula is C14H26N2O2S2. The smallest absolute Gasteiger partial charge is 0.211 e. The fourth-order valence-electron chi connectivity index (χ4n) is 1.80. The van der Waals surface area contributed by atoms with Crippen molar-refractivity contribution in [3.63, 3.8) is 0 Å². The predicted octanol–water partition coefficient (Wildman–Crippen LogP) is 2.51. The highest BCUT2D eigenvalue weighted by molar-refractivity contribution is 7.89. The first kappa shape index (κ1) is 17.6. The first-order chi connectivity index (χ1) is 9.57. The van der Waals surface area contributed by atoms with Crippen molar-refractivity contribution in [2.24, 2.45) is 0 Å². The van der Waals surface area contributed by atoms with Gasteiger partial charge in [0.1, 0.15) is 0 Å². The minimum atomic E-state index is -3.14. The van der Waals surface area contributed by atoms with Crippen molar-refractivity contribution in [1.82, 2.24) is 10.0 Å². The van der Waals surface area contributed by atoms with Crippen molar-refractivity contribution >= 4 is 21.4 Å². The molecule has 0 radical (unpaired) electrons. The van der Waals surface area contributed by atoms with E-state index in [9.17, 15) is 8.42 Å². The van der Waals surface area contributed by atoms with E-state index in [-0.39, 0.29) is 5.75 Å².